The maximum absolute atomic E-state index is 12.9. The Balaban J connectivity index is 2.17. The molecular formula is C21H19F3N2O6S. The largest absolute Gasteiger partial charge is 0.468 e. The fraction of sp³-hybridized carbons (Fsp3) is 0.286. The lowest BCUT2D eigenvalue weighted by Crippen LogP contribution is -2.39. The van der Waals surface area contributed by atoms with Crippen LogP contribution in [0.15, 0.2) is 47.5 Å². The summed E-state index contributed by atoms with van der Waals surface area (Å²) in [7, 11) is -1.76. The molecule has 0 amide bonds. The number of primary sulfonamides is 1. The number of benzene rings is 1. The Morgan fingerprint density at radius 2 is 1.42 bits per heavy atom. The molecule has 0 saturated heterocycles. The highest BCUT2D eigenvalue weighted by Crippen LogP contribution is 2.51. The molecule has 1 aliphatic carbocycles. The van der Waals surface area contributed by atoms with Gasteiger partial charge in [0.05, 0.1) is 19.1 Å². The van der Waals surface area contributed by atoms with E-state index in [0.717, 1.165) is 26.5 Å². The Morgan fingerprint density at radius 3 is 1.82 bits per heavy atom. The van der Waals surface area contributed by atoms with Gasteiger partial charge >= 0.3 is 18.1 Å². The van der Waals surface area contributed by atoms with Crippen molar-refractivity contribution in [2.75, 3.05) is 14.2 Å². The quantitative estimate of drug-likeness (QED) is 0.511. The number of hydrogen-bond acceptors (Lipinski definition) is 7. The van der Waals surface area contributed by atoms with Gasteiger partial charge in [0.25, 0.3) is 0 Å². The first kappa shape index (κ1) is 24.4. The number of carbonyl (C=O) groups excluding carboxylic acids is 2. The van der Waals surface area contributed by atoms with Crippen LogP contribution in [-0.2, 0) is 35.3 Å². The molecule has 1 aromatic carbocycles. The summed E-state index contributed by atoms with van der Waals surface area (Å²) in [6, 6.07) is 7.33. The standard InChI is InChI=1S/C21H19F3N2O6S/c1-31-18(27)20(19(28)32-2)9-15(12-3-6-14(7-4-12)33(25,29)30)16(10-20)13-5-8-17(26-11-13)21(22,23)24/h3-8,11H,9-10H2,1-2H3,(H2,25,29,30). The van der Waals surface area contributed by atoms with Crippen molar-refractivity contribution in [1.82, 2.24) is 4.98 Å². The van der Waals surface area contributed by atoms with E-state index in [0.29, 0.717) is 16.7 Å². The second-order valence-corrected chi connectivity index (χ2v) is 8.94. The van der Waals surface area contributed by atoms with Gasteiger partial charge in [-0.3, -0.25) is 14.6 Å². The summed E-state index contributed by atoms with van der Waals surface area (Å²) in [4.78, 5) is 28.6. The first-order valence-corrected chi connectivity index (χ1v) is 10.9. The molecule has 1 aromatic heterocycles. The van der Waals surface area contributed by atoms with E-state index in [4.69, 9.17) is 14.6 Å². The molecule has 0 atom stereocenters. The smallest absolute Gasteiger partial charge is 0.433 e. The molecule has 1 aliphatic rings. The molecule has 2 N–H and O–H groups in total. The highest BCUT2D eigenvalue weighted by molar-refractivity contribution is 7.89. The van der Waals surface area contributed by atoms with Crippen molar-refractivity contribution in [3.63, 3.8) is 0 Å². The zero-order valence-corrected chi connectivity index (χ0v) is 18.3. The molecule has 0 unspecified atom stereocenters. The van der Waals surface area contributed by atoms with Gasteiger partial charge in [-0.15, -0.1) is 0 Å². The SMILES string of the molecule is COC(=O)C1(C(=O)OC)CC(c2ccc(S(N)(=O)=O)cc2)=C(c2ccc(C(F)(F)F)nc2)C1. The minimum absolute atomic E-state index is 0.158. The van der Waals surface area contributed by atoms with E-state index < -0.39 is 39.2 Å². The van der Waals surface area contributed by atoms with Crippen LogP contribution in [0.3, 0.4) is 0 Å². The fourth-order valence-corrected chi connectivity index (χ4v) is 4.30. The number of nitrogens with zero attached hydrogens (tertiary/aromatic N) is 1. The van der Waals surface area contributed by atoms with Gasteiger partial charge in [0.2, 0.25) is 10.0 Å². The average molecular weight is 484 g/mol. The molecule has 0 aliphatic heterocycles. The van der Waals surface area contributed by atoms with Crippen molar-refractivity contribution in [1.29, 1.82) is 0 Å². The predicted octanol–water partition coefficient (Wildman–Crippen LogP) is 2.78. The summed E-state index contributed by atoms with van der Waals surface area (Å²) >= 11 is 0. The van der Waals surface area contributed by atoms with E-state index >= 15 is 0 Å². The van der Waals surface area contributed by atoms with Gasteiger partial charge < -0.3 is 9.47 Å². The third-order valence-electron chi connectivity index (χ3n) is 5.41. The summed E-state index contributed by atoms with van der Waals surface area (Å²) in [6.07, 6.45) is -4.04. The summed E-state index contributed by atoms with van der Waals surface area (Å²) in [5.74, 6) is -1.74. The number of pyridine rings is 1. The van der Waals surface area contributed by atoms with Crippen molar-refractivity contribution in [2.45, 2.75) is 23.9 Å². The number of hydrogen-bond donors (Lipinski definition) is 1. The minimum atomic E-state index is -4.64. The molecule has 0 saturated carbocycles. The van der Waals surface area contributed by atoms with Crippen LogP contribution < -0.4 is 5.14 Å². The second kappa shape index (κ2) is 8.60. The number of nitrogens with two attached hydrogens (primary N) is 1. The number of aromatic nitrogens is 1. The molecule has 0 fully saturated rings. The van der Waals surface area contributed by atoms with Crippen LogP contribution in [-0.4, -0.2) is 39.6 Å². The van der Waals surface area contributed by atoms with Gasteiger partial charge in [-0.25, -0.2) is 13.6 Å². The van der Waals surface area contributed by atoms with Crippen molar-refractivity contribution in [3.05, 3.63) is 59.4 Å². The zero-order chi connectivity index (χ0) is 24.6. The van der Waals surface area contributed by atoms with Crippen molar-refractivity contribution >= 4 is 33.1 Å². The molecule has 1 heterocycles. The molecule has 3 rings (SSSR count). The van der Waals surface area contributed by atoms with E-state index in [2.05, 4.69) is 4.98 Å². The fourth-order valence-electron chi connectivity index (χ4n) is 3.78. The maximum atomic E-state index is 12.9. The number of carbonyl (C=O) groups is 2. The van der Waals surface area contributed by atoms with Crippen molar-refractivity contribution < 1.29 is 40.7 Å². The van der Waals surface area contributed by atoms with Crippen molar-refractivity contribution in [3.8, 4) is 0 Å². The predicted molar refractivity (Wildman–Crippen MR) is 110 cm³/mol. The van der Waals surface area contributed by atoms with Crippen LogP contribution in [0, 0.1) is 5.41 Å². The minimum Gasteiger partial charge on any atom is -0.468 e. The van der Waals surface area contributed by atoms with Gasteiger partial charge in [0.1, 0.15) is 5.69 Å². The van der Waals surface area contributed by atoms with Crippen LogP contribution >= 0.6 is 0 Å². The Hall–Kier alpha value is -3.25. The highest BCUT2D eigenvalue weighted by atomic mass is 32.2. The zero-order valence-electron chi connectivity index (χ0n) is 17.5. The van der Waals surface area contributed by atoms with E-state index in [1.54, 1.807) is 0 Å². The van der Waals surface area contributed by atoms with Crippen LogP contribution in [0.25, 0.3) is 11.1 Å². The van der Waals surface area contributed by atoms with E-state index in [9.17, 15) is 31.2 Å². The van der Waals surface area contributed by atoms with Crippen LogP contribution in [0.2, 0.25) is 0 Å². The van der Waals surface area contributed by atoms with Crippen molar-refractivity contribution in [2.24, 2.45) is 10.6 Å². The maximum Gasteiger partial charge on any atom is 0.433 e. The summed E-state index contributed by atoms with van der Waals surface area (Å²) in [5, 5.41) is 5.12. The third kappa shape index (κ3) is 4.62. The summed E-state index contributed by atoms with van der Waals surface area (Å²) < 4.78 is 71.6. The lowest BCUT2D eigenvalue weighted by atomic mass is 9.82. The van der Waals surface area contributed by atoms with Gasteiger partial charge in [-0.2, -0.15) is 13.2 Å². The van der Waals surface area contributed by atoms with E-state index in [1.165, 1.54) is 30.3 Å². The normalized spacial score (nSPS) is 15.9. The average Bonchev–Trinajstić information content (AvgIpc) is 3.19. The molecular weight excluding hydrogens is 465 g/mol. The molecule has 0 radical (unpaired) electrons. The van der Waals surface area contributed by atoms with Crippen LogP contribution in [0.5, 0.6) is 0 Å². The lowest BCUT2D eigenvalue weighted by molar-refractivity contribution is -0.168. The Bertz CT molecular complexity index is 1200. The molecule has 0 bridgehead atoms. The van der Waals surface area contributed by atoms with E-state index in [1.807, 2.05) is 0 Å². The first-order chi connectivity index (χ1) is 15.3. The monoisotopic (exact) mass is 484 g/mol. The number of ether oxygens (including phenoxy) is 2. The lowest BCUT2D eigenvalue weighted by Gasteiger charge is -2.23. The number of methoxy groups -OCH3 is 2. The molecule has 176 valence electrons. The van der Waals surface area contributed by atoms with Gasteiger partial charge in [0, 0.05) is 19.0 Å². The van der Waals surface area contributed by atoms with Crippen LogP contribution in [0.1, 0.15) is 29.7 Å². The number of sulfonamides is 1. The number of alkyl halides is 3. The van der Waals surface area contributed by atoms with Gasteiger partial charge in [-0.1, -0.05) is 18.2 Å². The number of halogens is 3. The summed E-state index contributed by atoms with van der Waals surface area (Å²) in [5.41, 5.74) is -1.38. The molecule has 33 heavy (non-hydrogen) atoms. The third-order valence-corrected chi connectivity index (χ3v) is 6.34. The van der Waals surface area contributed by atoms with Gasteiger partial charge in [0.15, 0.2) is 5.41 Å². The molecule has 8 nitrogen and oxygen atoms in total. The van der Waals surface area contributed by atoms with Gasteiger partial charge in [-0.05, 0) is 40.5 Å². The second-order valence-electron chi connectivity index (χ2n) is 7.38. The van der Waals surface area contributed by atoms with E-state index in [-0.39, 0.29) is 23.3 Å². The topological polar surface area (TPSA) is 126 Å². The molecule has 12 heteroatoms. The highest BCUT2D eigenvalue weighted by Gasteiger charge is 2.53. The Morgan fingerprint density at radius 1 is 0.939 bits per heavy atom. The number of allylic oxidation sites excluding steroid dienone is 2. The summed E-state index contributed by atoms with van der Waals surface area (Å²) in [6.45, 7) is 0. The van der Waals surface area contributed by atoms with Crippen LogP contribution in [0.4, 0.5) is 13.2 Å². The molecule has 2 aromatic rings. The number of esters is 2. The Kier molecular flexibility index (Phi) is 6.35. The number of rotatable bonds is 5. The molecule has 0 spiro atoms. The first-order valence-electron chi connectivity index (χ1n) is 9.39. The Labute approximate surface area is 187 Å².